The molecule has 3 heterocycles. The smallest absolute Gasteiger partial charge is 0.231 e. The molecule has 0 bridgehead atoms. The largest absolute Gasteiger partial charge is 0.311 e. The van der Waals surface area contributed by atoms with Crippen molar-refractivity contribution in [2.24, 2.45) is 0 Å². The topological polar surface area (TPSA) is 75.2 Å². The minimum Gasteiger partial charge on any atom is -0.311 e. The average Bonchev–Trinajstić information content (AvgIpc) is 3.43. The molecule has 0 radical (unpaired) electrons. The van der Waals surface area contributed by atoms with Gasteiger partial charge < -0.3 is 10.2 Å². The van der Waals surface area contributed by atoms with Crippen LogP contribution in [0.15, 0.2) is 41.8 Å². The summed E-state index contributed by atoms with van der Waals surface area (Å²) in [6, 6.07) is 11.9. The zero-order valence-electron chi connectivity index (χ0n) is 15.4. The molecule has 1 aliphatic rings. The predicted molar refractivity (Wildman–Crippen MR) is 112 cm³/mol. The summed E-state index contributed by atoms with van der Waals surface area (Å²) in [4.78, 5) is 27.6. The van der Waals surface area contributed by atoms with Gasteiger partial charge in [0.2, 0.25) is 16.9 Å². The Labute approximate surface area is 171 Å². The van der Waals surface area contributed by atoms with Crippen LogP contribution in [0.5, 0.6) is 0 Å². The van der Waals surface area contributed by atoms with E-state index in [0.29, 0.717) is 24.5 Å². The molecular weight excluding hydrogens is 392 g/mol. The number of nitrogens with zero attached hydrogens (tertiary/aromatic N) is 3. The van der Waals surface area contributed by atoms with Crippen LogP contribution in [0.4, 0.5) is 10.8 Å². The molecule has 1 saturated heterocycles. The Bertz CT molecular complexity index is 984. The Hall–Kier alpha value is -2.58. The highest BCUT2D eigenvalue weighted by molar-refractivity contribution is 7.15. The summed E-state index contributed by atoms with van der Waals surface area (Å²) >= 11 is 2.90. The predicted octanol–water partition coefficient (Wildman–Crippen LogP) is 3.86. The van der Waals surface area contributed by atoms with Crippen LogP contribution in [0.25, 0.3) is 0 Å². The lowest BCUT2D eigenvalue weighted by Gasteiger charge is -2.19. The van der Waals surface area contributed by atoms with Crippen LogP contribution in [0, 0.1) is 0 Å². The van der Waals surface area contributed by atoms with Crippen molar-refractivity contribution in [3.8, 4) is 0 Å². The number of aryl methyl sites for hydroxylation is 1. The number of hydrogen-bond donors (Lipinski definition) is 1. The van der Waals surface area contributed by atoms with Gasteiger partial charge in [-0.25, -0.2) is 0 Å². The summed E-state index contributed by atoms with van der Waals surface area (Å²) < 4.78 is 0. The SMILES string of the molecule is CCc1ccccc1N1CC(c2nnc(NC(=O)Cc3cccs3)s2)CC1=O. The maximum atomic E-state index is 12.6. The van der Waals surface area contributed by atoms with E-state index < -0.39 is 0 Å². The molecule has 1 unspecified atom stereocenters. The number of para-hydroxylation sites is 1. The number of aromatic nitrogens is 2. The molecule has 1 atom stereocenters. The van der Waals surface area contributed by atoms with Crippen molar-refractivity contribution in [3.63, 3.8) is 0 Å². The number of carbonyl (C=O) groups is 2. The van der Waals surface area contributed by atoms with Crippen LogP contribution < -0.4 is 10.2 Å². The summed E-state index contributed by atoms with van der Waals surface area (Å²) in [6.07, 6.45) is 1.62. The minimum atomic E-state index is -0.105. The van der Waals surface area contributed by atoms with E-state index in [-0.39, 0.29) is 17.7 Å². The number of hydrogen-bond acceptors (Lipinski definition) is 6. The van der Waals surface area contributed by atoms with Gasteiger partial charge in [-0.2, -0.15) is 0 Å². The second-order valence-corrected chi connectivity index (χ2v) is 8.68. The van der Waals surface area contributed by atoms with E-state index in [4.69, 9.17) is 0 Å². The first-order valence-electron chi connectivity index (χ1n) is 9.18. The van der Waals surface area contributed by atoms with E-state index >= 15 is 0 Å². The molecule has 1 N–H and O–H groups in total. The number of amides is 2. The third-order valence-corrected chi connectivity index (χ3v) is 6.62. The van der Waals surface area contributed by atoms with Gasteiger partial charge in [0.1, 0.15) is 5.01 Å². The molecule has 1 fully saturated rings. The third kappa shape index (κ3) is 3.98. The summed E-state index contributed by atoms with van der Waals surface area (Å²) in [7, 11) is 0. The molecule has 6 nitrogen and oxygen atoms in total. The van der Waals surface area contributed by atoms with E-state index in [0.717, 1.165) is 27.6 Å². The molecule has 8 heteroatoms. The van der Waals surface area contributed by atoms with E-state index in [2.05, 4.69) is 28.5 Å². The van der Waals surface area contributed by atoms with Crippen LogP contribution in [-0.2, 0) is 22.4 Å². The zero-order chi connectivity index (χ0) is 19.5. The fourth-order valence-electron chi connectivity index (χ4n) is 3.36. The molecule has 1 aliphatic heterocycles. The van der Waals surface area contributed by atoms with Crippen molar-refractivity contribution in [2.75, 3.05) is 16.8 Å². The van der Waals surface area contributed by atoms with Crippen molar-refractivity contribution in [2.45, 2.75) is 32.1 Å². The standard InChI is InChI=1S/C20H20N4O2S2/c1-2-13-6-3-4-8-16(13)24-12-14(10-18(24)26)19-22-23-20(28-19)21-17(25)11-15-7-5-9-27-15/h3-9,14H,2,10-12H2,1H3,(H,21,23,25). The molecule has 0 spiro atoms. The van der Waals surface area contributed by atoms with Crippen LogP contribution in [-0.4, -0.2) is 28.6 Å². The fourth-order valence-corrected chi connectivity index (χ4v) is 4.92. The molecule has 0 saturated carbocycles. The molecule has 4 rings (SSSR count). The van der Waals surface area contributed by atoms with Crippen molar-refractivity contribution >= 4 is 45.3 Å². The van der Waals surface area contributed by atoms with E-state index in [9.17, 15) is 9.59 Å². The number of benzene rings is 1. The Morgan fingerprint density at radius 3 is 2.89 bits per heavy atom. The van der Waals surface area contributed by atoms with Gasteiger partial charge in [-0.05, 0) is 29.5 Å². The van der Waals surface area contributed by atoms with Gasteiger partial charge in [0.15, 0.2) is 0 Å². The van der Waals surface area contributed by atoms with E-state index in [1.54, 1.807) is 11.3 Å². The first-order valence-corrected chi connectivity index (χ1v) is 10.9. The summed E-state index contributed by atoms with van der Waals surface area (Å²) in [5, 5.41) is 14.4. The van der Waals surface area contributed by atoms with Crippen molar-refractivity contribution < 1.29 is 9.59 Å². The fraction of sp³-hybridized carbons (Fsp3) is 0.300. The Kier molecular flexibility index (Phi) is 5.50. The highest BCUT2D eigenvalue weighted by Gasteiger charge is 2.34. The van der Waals surface area contributed by atoms with Gasteiger partial charge in [-0.15, -0.1) is 21.5 Å². The number of anilines is 2. The first kappa shape index (κ1) is 18.8. The van der Waals surface area contributed by atoms with Gasteiger partial charge in [-0.3, -0.25) is 9.59 Å². The normalized spacial score (nSPS) is 16.5. The molecular formula is C20H20N4O2S2. The second-order valence-electron chi connectivity index (χ2n) is 6.64. The maximum absolute atomic E-state index is 12.6. The number of carbonyl (C=O) groups excluding carboxylic acids is 2. The lowest BCUT2D eigenvalue weighted by Crippen LogP contribution is -2.25. The molecule has 144 valence electrons. The summed E-state index contributed by atoms with van der Waals surface area (Å²) in [5.41, 5.74) is 2.14. The van der Waals surface area contributed by atoms with Crippen LogP contribution in [0.2, 0.25) is 0 Å². The summed E-state index contributed by atoms with van der Waals surface area (Å²) in [5.74, 6) is -0.00612. The first-order chi connectivity index (χ1) is 13.6. The van der Waals surface area contributed by atoms with Gasteiger partial charge in [0.05, 0.1) is 6.42 Å². The lowest BCUT2D eigenvalue weighted by molar-refractivity contribution is -0.117. The number of rotatable bonds is 6. The van der Waals surface area contributed by atoms with Crippen LogP contribution >= 0.6 is 22.7 Å². The lowest BCUT2D eigenvalue weighted by atomic mass is 10.1. The molecule has 1 aromatic carbocycles. The van der Waals surface area contributed by atoms with Gasteiger partial charge in [0.25, 0.3) is 0 Å². The molecule has 28 heavy (non-hydrogen) atoms. The third-order valence-electron chi connectivity index (χ3n) is 4.74. The zero-order valence-corrected chi connectivity index (χ0v) is 17.1. The number of nitrogens with one attached hydrogen (secondary N) is 1. The Morgan fingerprint density at radius 1 is 1.25 bits per heavy atom. The Morgan fingerprint density at radius 2 is 2.11 bits per heavy atom. The van der Waals surface area contributed by atoms with Gasteiger partial charge in [0, 0.05) is 29.4 Å². The van der Waals surface area contributed by atoms with Crippen LogP contribution in [0.3, 0.4) is 0 Å². The highest BCUT2D eigenvalue weighted by atomic mass is 32.1. The number of thiophene rings is 1. The van der Waals surface area contributed by atoms with E-state index in [1.165, 1.54) is 11.3 Å². The van der Waals surface area contributed by atoms with E-state index in [1.807, 2.05) is 40.6 Å². The van der Waals surface area contributed by atoms with Crippen molar-refractivity contribution in [1.82, 2.24) is 10.2 Å². The van der Waals surface area contributed by atoms with Gasteiger partial charge >= 0.3 is 0 Å². The van der Waals surface area contributed by atoms with Gasteiger partial charge in [-0.1, -0.05) is 42.5 Å². The molecule has 2 aromatic heterocycles. The molecule has 3 aromatic rings. The Balaban J connectivity index is 1.43. The van der Waals surface area contributed by atoms with Crippen molar-refractivity contribution in [1.29, 1.82) is 0 Å². The van der Waals surface area contributed by atoms with Crippen molar-refractivity contribution in [3.05, 3.63) is 57.2 Å². The quantitative estimate of drug-likeness (QED) is 0.667. The maximum Gasteiger partial charge on any atom is 0.231 e. The highest BCUT2D eigenvalue weighted by Crippen LogP contribution is 2.35. The monoisotopic (exact) mass is 412 g/mol. The van der Waals surface area contributed by atoms with Crippen LogP contribution in [0.1, 0.15) is 34.7 Å². The summed E-state index contributed by atoms with van der Waals surface area (Å²) in [6.45, 7) is 2.68. The second kappa shape index (κ2) is 8.20. The average molecular weight is 413 g/mol. The molecule has 0 aliphatic carbocycles. The minimum absolute atomic E-state index is 0.00198. The molecule has 2 amide bonds.